The smallest absolute Gasteiger partial charge is 0.348 e. The number of amides is 3. The summed E-state index contributed by atoms with van der Waals surface area (Å²) in [7, 11) is 0. The number of thiophene rings is 1. The van der Waals surface area contributed by atoms with Crippen LogP contribution < -0.4 is 10.6 Å². The summed E-state index contributed by atoms with van der Waals surface area (Å²) in [5, 5.41) is 4.73. The second-order valence-corrected chi connectivity index (χ2v) is 8.37. The van der Waals surface area contributed by atoms with Crippen molar-refractivity contribution < 1.29 is 19.1 Å². The van der Waals surface area contributed by atoms with Gasteiger partial charge in [0, 0.05) is 10.4 Å². The Morgan fingerprint density at radius 1 is 1.33 bits per heavy atom. The average Bonchev–Trinajstić information content (AvgIpc) is 2.85. The van der Waals surface area contributed by atoms with Crippen molar-refractivity contribution in [1.82, 2.24) is 10.6 Å². The van der Waals surface area contributed by atoms with Crippen molar-refractivity contribution in [2.45, 2.75) is 52.5 Å². The topological polar surface area (TPSA) is 84.5 Å². The summed E-state index contributed by atoms with van der Waals surface area (Å²) in [6.45, 7) is 7.13. The lowest BCUT2D eigenvalue weighted by atomic mass is 9.90. The minimum atomic E-state index is -0.653. The molecule has 1 aliphatic rings. The SMILES string of the molecule is C[C@H]1CCc2sc(C(=O)OCC(=O)NC(=O)NC(C)(C)C)cc2C1. The lowest BCUT2D eigenvalue weighted by Crippen LogP contribution is -2.49. The molecule has 0 saturated carbocycles. The van der Waals surface area contributed by atoms with Crippen molar-refractivity contribution in [2.75, 3.05) is 6.61 Å². The Balaban J connectivity index is 1.83. The first-order valence-corrected chi connectivity index (χ1v) is 8.86. The Labute approximate surface area is 146 Å². The number of rotatable bonds is 3. The lowest BCUT2D eigenvalue weighted by Gasteiger charge is -2.20. The lowest BCUT2D eigenvalue weighted by molar-refractivity contribution is -0.123. The highest BCUT2D eigenvalue weighted by Gasteiger charge is 2.22. The molecule has 6 nitrogen and oxygen atoms in total. The normalized spacial score (nSPS) is 16.9. The number of ether oxygens (including phenoxy) is 1. The summed E-state index contributed by atoms with van der Waals surface area (Å²) < 4.78 is 5.00. The largest absolute Gasteiger partial charge is 0.451 e. The number of carbonyl (C=O) groups is 3. The molecule has 0 unspecified atom stereocenters. The van der Waals surface area contributed by atoms with E-state index in [-0.39, 0.29) is 0 Å². The molecule has 0 radical (unpaired) electrons. The van der Waals surface area contributed by atoms with Crippen LogP contribution >= 0.6 is 11.3 Å². The van der Waals surface area contributed by atoms with E-state index in [9.17, 15) is 14.4 Å². The standard InChI is InChI=1S/C17H24N2O4S/c1-10-5-6-12-11(7-10)8-13(24-12)15(21)23-9-14(20)18-16(22)19-17(2,3)4/h8,10H,5-7,9H2,1-4H3,(H2,18,19,20,22)/t10-/m0/s1. The molecule has 2 rings (SSSR count). The number of imide groups is 1. The summed E-state index contributed by atoms with van der Waals surface area (Å²) in [6, 6.07) is 1.26. The molecule has 0 spiro atoms. The van der Waals surface area contributed by atoms with Gasteiger partial charge in [-0.05, 0) is 57.6 Å². The first-order chi connectivity index (χ1) is 11.1. The number of fused-ring (bicyclic) bond motifs is 1. The molecule has 132 valence electrons. The molecule has 7 heteroatoms. The number of hydrogen-bond acceptors (Lipinski definition) is 5. The highest BCUT2D eigenvalue weighted by molar-refractivity contribution is 7.14. The van der Waals surface area contributed by atoms with Gasteiger partial charge in [-0.25, -0.2) is 9.59 Å². The van der Waals surface area contributed by atoms with Crippen LogP contribution in [0.2, 0.25) is 0 Å². The van der Waals surface area contributed by atoms with Gasteiger partial charge >= 0.3 is 12.0 Å². The average molecular weight is 352 g/mol. The first kappa shape index (κ1) is 18.4. The van der Waals surface area contributed by atoms with Crippen molar-refractivity contribution in [3.8, 4) is 0 Å². The Kier molecular flexibility index (Phi) is 5.64. The molecular weight excluding hydrogens is 328 g/mol. The number of aryl methyl sites for hydroxylation is 1. The predicted octanol–water partition coefficient (Wildman–Crippen LogP) is 2.65. The van der Waals surface area contributed by atoms with Crippen LogP contribution in [0.25, 0.3) is 0 Å². The van der Waals surface area contributed by atoms with Crippen LogP contribution in [0.3, 0.4) is 0 Å². The van der Waals surface area contributed by atoms with E-state index in [1.165, 1.54) is 21.8 Å². The van der Waals surface area contributed by atoms with Gasteiger partial charge in [0.2, 0.25) is 0 Å². The second-order valence-electron chi connectivity index (χ2n) is 7.24. The molecule has 0 aromatic carbocycles. The minimum Gasteiger partial charge on any atom is -0.451 e. The Hall–Kier alpha value is -1.89. The van der Waals surface area contributed by atoms with Gasteiger partial charge < -0.3 is 10.1 Å². The number of carbonyl (C=O) groups excluding carboxylic acids is 3. The van der Waals surface area contributed by atoms with Crippen molar-refractivity contribution >= 4 is 29.2 Å². The Morgan fingerprint density at radius 2 is 2.04 bits per heavy atom. The molecule has 0 aliphatic heterocycles. The van der Waals surface area contributed by atoms with Crippen LogP contribution in [0, 0.1) is 5.92 Å². The third-order valence-electron chi connectivity index (χ3n) is 3.61. The van der Waals surface area contributed by atoms with Crippen molar-refractivity contribution in [1.29, 1.82) is 0 Å². The molecule has 24 heavy (non-hydrogen) atoms. The maximum absolute atomic E-state index is 12.1. The third-order valence-corrected chi connectivity index (χ3v) is 4.82. The fourth-order valence-corrected chi connectivity index (χ4v) is 3.65. The van der Waals surface area contributed by atoms with Crippen LogP contribution in [0.1, 0.15) is 54.2 Å². The minimum absolute atomic E-state index is 0.450. The van der Waals surface area contributed by atoms with E-state index < -0.39 is 30.1 Å². The molecule has 0 fully saturated rings. The second kappa shape index (κ2) is 7.34. The summed E-state index contributed by atoms with van der Waals surface area (Å²) in [5.41, 5.74) is 0.758. The van der Waals surface area contributed by atoms with Gasteiger partial charge in [0.1, 0.15) is 4.88 Å². The van der Waals surface area contributed by atoms with Crippen LogP contribution in [-0.4, -0.2) is 30.1 Å². The van der Waals surface area contributed by atoms with E-state index >= 15 is 0 Å². The Bertz CT molecular complexity index is 646. The predicted molar refractivity (Wildman–Crippen MR) is 92.2 cm³/mol. The summed E-state index contributed by atoms with van der Waals surface area (Å²) in [5.74, 6) is -0.545. The van der Waals surface area contributed by atoms with E-state index in [4.69, 9.17) is 4.74 Å². The first-order valence-electron chi connectivity index (χ1n) is 8.05. The van der Waals surface area contributed by atoms with Gasteiger partial charge in [-0.3, -0.25) is 10.1 Å². The monoisotopic (exact) mass is 352 g/mol. The molecule has 1 atom stereocenters. The van der Waals surface area contributed by atoms with E-state index in [0.29, 0.717) is 10.8 Å². The molecule has 2 N–H and O–H groups in total. The molecule has 1 heterocycles. The molecule has 1 aliphatic carbocycles. The van der Waals surface area contributed by atoms with Crippen LogP contribution in [0.4, 0.5) is 4.79 Å². The number of hydrogen-bond donors (Lipinski definition) is 2. The zero-order chi connectivity index (χ0) is 17.9. The fourth-order valence-electron chi connectivity index (χ4n) is 2.54. The molecule has 0 saturated heterocycles. The number of nitrogens with one attached hydrogen (secondary N) is 2. The van der Waals surface area contributed by atoms with Crippen LogP contribution in [0.5, 0.6) is 0 Å². The molecule has 0 bridgehead atoms. The van der Waals surface area contributed by atoms with Crippen LogP contribution in [0.15, 0.2) is 6.07 Å². The molecule has 1 aromatic rings. The van der Waals surface area contributed by atoms with Gasteiger partial charge in [-0.15, -0.1) is 11.3 Å². The van der Waals surface area contributed by atoms with Gasteiger partial charge in [0.05, 0.1) is 0 Å². The van der Waals surface area contributed by atoms with Gasteiger partial charge in [-0.2, -0.15) is 0 Å². The molecule has 3 amide bonds. The zero-order valence-corrected chi connectivity index (χ0v) is 15.3. The number of urea groups is 1. The van der Waals surface area contributed by atoms with E-state index in [1.54, 1.807) is 20.8 Å². The van der Waals surface area contributed by atoms with Gasteiger partial charge in [0.15, 0.2) is 6.61 Å². The maximum atomic E-state index is 12.1. The van der Waals surface area contributed by atoms with Gasteiger partial charge in [-0.1, -0.05) is 6.92 Å². The van der Waals surface area contributed by atoms with Crippen molar-refractivity contribution in [3.63, 3.8) is 0 Å². The molecule has 1 aromatic heterocycles. The summed E-state index contributed by atoms with van der Waals surface area (Å²) in [6.07, 6.45) is 3.10. The van der Waals surface area contributed by atoms with Crippen molar-refractivity contribution in [2.24, 2.45) is 5.92 Å². The maximum Gasteiger partial charge on any atom is 0.348 e. The van der Waals surface area contributed by atoms with Gasteiger partial charge in [0.25, 0.3) is 5.91 Å². The fraction of sp³-hybridized carbons (Fsp3) is 0.588. The zero-order valence-electron chi connectivity index (χ0n) is 14.5. The third kappa shape index (κ3) is 5.33. The van der Waals surface area contributed by atoms with Crippen LogP contribution in [-0.2, 0) is 22.4 Å². The number of esters is 1. The highest BCUT2D eigenvalue weighted by Crippen LogP contribution is 2.32. The van der Waals surface area contributed by atoms with E-state index in [2.05, 4.69) is 17.6 Å². The van der Waals surface area contributed by atoms with Crippen molar-refractivity contribution in [3.05, 3.63) is 21.4 Å². The van der Waals surface area contributed by atoms with E-state index in [0.717, 1.165) is 19.3 Å². The Morgan fingerprint density at radius 3 is 2.71 bits per heavy atom. The highest BCUT2D eigenvalue weighted by atomic mass is 32.1. The quantitative estimate of drug-likeness (QED) is 0.819. The summed E-state index contributed by atoms with van der Waals surface area (Å²) in [4.78, 5) is 37.0. The summed E-state index contributed by atoms with van der Waals surface area (Å²) >= 11 is 1.43. The molecular formula is C17H24N2O4S. The van der Waals surface area contributed by atoms with E-state index in [1.807, 2.05) is 6.07 Å².